The van der Waals surface area contributed by atoms with Crippen LogP contribution >= 0.6 is 0 Å². The minimum atomic E-state index is -0.609. The average Bonchev–Trinajstić information content (AvgIpc) is 2.42. The van der Waals surface area contributed by atoms with Crippen LogP contribution in [0.2, 0.25) is 0 Å². The van der Waals surface area contributed by atoms with Gasteiger partial charge in [-0.25, -0.2) is 0 Å². The molecule has 0 aromatic heterocycles. The molecule has 0 aliphatic rings. The summed E-state index contributed by atoms with van der Waals surface area (Å²) in [6.45, 7) is 2.53. The number of ether oxygens (including phenoxy) is 2. The van der Waals surface area contributed by atoms with Crippen LogP contribution in [0.25, 0.3) is 0 Å². The van der Waals surface area contributed by atoms with E-state index < -0.39 is 4.92 Å². The first-order valence-electron chi connectivity index (χ1n) is 6.08. The zero-order valence-corrected chi connectivity index (χ0v) is 11.0. The first kappa shape index (κ1) is 14.9. The lowest BCUT2D eigenvalue weighted by atomic mass is 10.1. The van der Waals surface area contributed by atoms with Crippen LogP contribution in [-0.4, -0.2) is 24.9 Å². The van der Waals surface area contributed by atoms with Gasteiger partial charge in [-0.05, 0) is 6.42 Å². The van der Waals surface area contributed by atoms with Gasteiger partial charge >= 0.3 is 0 Å². The van der Waals surface area contributed by atoms with Crippen molar-refractivity contribution in [2.45, 2.75) is 26.2 Å². The minimum absolute atomic E-state index is 0.0252. The maximum Gasteiger partial charge on any atom is 0.283 e. The zero-order chi connectivity index (χ0) is 14.3. The van der Waals surface area contributed by atoms with Gasteiger partial charge in [0.05, 0.1) is 30.3 Å². The summed E-state index contributed by atoms with van der Waals surface area (Å²) in [6.07, 6.45) is 3.38. The number of unbranched alkanes of at least 4 members (excludes halogenated alkanes) is 2. The summed E-state index contributed by atoms with van der Waals surface area (Å²) in [6, 6.07) is 2.55. The van der Waals surface area contributed by atoms with Crippen molar-refractivity contribution in [1.82, 2.24) is 0 Å². The Morgan fingerprint density at radius 3 is 2.58 bits per heavy atom. The number of rotatable bonds is 8. The summed E-state index contributed by atoms with van der Waals surface area (Å²) in [5.74, 6) is 0.611. The molecular formula is C13H17NO5. The Hall–Kier alpha value is -2.11. The summed E-state index contributed by atoms with van der Waals surface area (Å²) in [5.41, 5.74) is -0.302. The summed E-state index contributed by atoms with van der Waals surface area (Å²) in [5, 5.41) is 10.9. The van der Waals surface area contributed by atoms with Gasteiger partial charge in [0.25, 0.3) is 5.69 Å². The fourth-order valence-corrected chi connectivity index (χ4v) is 1.62. The molecule has 0 aliphatic heterocycles. The number of benzene rings is 1. The van der Waals surface area contributed by atoms with E-state index in [0.717, 1.165) is 19.3 Å². The normalized spacial score (nSPS) is 10.0. The third kappa shape index (κ3) is 3.94. The van der Waals surface area contributed by atoms with Crippen LogP contribution in [0.5, 0.6) is 11.5 Å². The lowest BCUT2D eigenvalue weighted by molar-refractivity contribution is -0.385. The maximum atomic E-state index is 10.9. The van der Waals surface area contributed by atoms with E-state index >= 15 is 0 Å². The topological polar surface area (TPSA) is 78.7 Å². The molecule has 6 nitrogen and oxygen atoms in total. The Morgan fingerprint density at radius 2 is 2.05 bits per heavy atom. The molecule has 1 rings (SSSR count). The molecule has 1 aromatic carbocycles. The molecule has 0 saturated heterocycles. The Balaban J connectivity index is 2.97. The van der Waals surface area contributed by atoms with Crippen molar-refractivity contribution in [1.29, 1.82) is 0 Å². The van der Waals surface area contributed by atoms with Crippen LogP contribution in [-0.2, 0) is 0 Å². The third-order valence-corrected chi connectivity index (χ3v) is 2.64. The Morgan fingerprint density at radius 1 is 1.32 bits per heavy atom. The molecule has 0 N–H and O–H groups in total. The van der Waals surface area contributed by atoms with Gasteiger partial charge in [0.1, 0.15) is 0 Å². The highest BCUT2D eigenvalue weighted by Crippen LogP contribution is 2.34. The molecular weight excluding hydrogens is 250 g/mol. The second-order valence-electron chi connectivity index (χ2n) is 3.99. The molecule has 0 radical (unpaired) electrons. The fraction of sp³-hybridized carbons (Fsp3) is 0.462. The highest BCUT2D eigenvalue weighted by atomic mass is 16.6. The zero-order valence-electron chi connectivity index (χ0n) is 11.0. The molecule has 104 valence electrons. The SMILES string of the molecule is CCCCCOc1cc([N+](=O)[O-])c(C=O)cc1OC. The van der Waals surface area contributed by atoms with Gasteiger partial charge in [-0.2, -0.15) is 0 Å². The standard InChI is InChI=1S/C13H17NO5/c1-3-4-5-6-19-13-8-11(14(16)17)10(9-15)7-12(13)18-2/h7-9H,3-6H2,1-2H3. The predicted molar refractivity (Wildman–Crippen MR) is 70.1 cm³/mol. The van der Waals surface area contributed by atoms with E-state index in [1.54, 1.807) is 0 Å². The van der Waals surface area contributed by atoms with Crippen molar-refractivity contribution in [3.63, 3.8) is 0 Å². The highest BCUT2D eigenvalue weighted by molar-refractivity contribution is 5.83. The van der Waals surface area contributed by atoms with Crippen molar-refractivity contribution >= 4 is 12.0 Å². The Kier molecular flexibility index (Phi) is 5.78. The lowest BCUT2D eigenvalue weighted by Crippen LogP contribution is -2.02. The number of methoxy groups -OCH3 is 1. The second-order valence-corrected chi connectivity index (χ2v) is 3.99. The molecule has 19 heavy (non-hydrogen) atoms. The number of nitrogens with zero attached hydrogens (tertiary/aromatic N) is 1. The third-order valence-electron chi connectivity index (χ3n) is 2.64. The van der Waals surface area contributed by atoms with Gasteiger partial charge in [-0.1, -0.05) is 19.8 Å². The van der Waals surface area contributed by atoms with Crippen molar-refractivity contribution in [2.24, 2.45) is 0 Å². The van der Waals surface area contributed by atoms with Crippen LogP contribution in [0.4, 0.5) is 5.69 Å². The number of nitro groups is 1. The smallest absolute Gasteiger partial charge is 0.283 e. The summed E-state index contributed by atoms with van der Waals surface area (Å²) in [4.78, 5) is 21.1. The molecule has 0 aliphatic carbocycles. The first-order valence-corrected chi connectivity index (χ1v) is 6.08. The van der Waals surface area contributed by atoms with Gasteiger partial charge in [0, 0.05) is 6.07 Å². The number of aldehydes is 1. The molecule has 1 aromatic rings. The van der Waals surface area contributed by atoms with Crippen LogP contribution in [0.3, 0.4) is 0 Å². The molecule has 0 spiro atoms. The minimum Gasteiger partial charge on any atom is -0.493 e. The molecule has 6 heteroatoms. The van der Waals surface area contributed by atoms with E-state index in [2.05, 4.69) is 6.92 Å². The van der Waals surface area contributed by atoms with Crippen LogP contribution in [0.15, 0.2) is 12.1 Å². The number of carbonyl (C=O) groups excluding carboxylic acids is 1. The highest BCUT2D eigenvalue weighted by Gasteiger charge is 2.19. The van der Waals surface area contributed by atoms with Crippen LogP contribution in [0.1, 0.15) is 36.5 Å². The van der Waals surface area contributed by atoms with Crippen LogP contribution in [0, 0.1) is 10.1 Å². The number of hydrogen-bond acceptors (Lipinski definition) is 5. The molecule has 0 amide bonds. The maximum absolute atomic E-state index is 10.9. The van der Waals surface area contributed by atoms with E-state index in [1.807, 2.05) is 0 Å². The van der Waals surface area contributed by atoms with E-state index in [0.29, 0.717) is 18.6 Å². The summed E-state index contributed by atoms with van der Waals surface area (Å²) in [7, 11) is 1.43. The summed E-state index contributed by atoms with van der Waals surface area (Å²) >= 11 is 0. The van der Waals surface area contributed by atoms with Crippen molar-refractivity contribution in [2.75, 3.05) is 13.7 Å². The lowest BCUT2D eigenvalue weighted by Gasteiger charge is -2.11. The average molecular weight is 267 g/mol. The molecule has 0 heterocycles. The first-order chi connectivity index (χ1) is 9.13. The van der Waals surface area contributed by atoms with E-state index in [9.17, 15) is 14.9 Å². The van der Waals surface area contributed by atoms with Crippen molar-refractivity contribution in [3.05, 3.63) is 27.8 Å². The molecule has 0 atom stereocenters. The molecule has 0 bridgehead atoms. The second kappa shape index (κ2) is 7.35. The van der Waals surface area contributed by atoms with E-state index in [4.69, 9.17) is 9.47 Å². The van der Waals surface area contributed by atoms with Gasteiger partial charge in [-0.15, -0.1) is 0 Å². The van der Waals surface area contributed by atoms with Gasteiger partial charge in [-0.3, -0.25) is 14.9 Å². The fourth-order valence-electron chi connectivity index (χ4n) is 1.62. The predicted octanol–water partition coefficient (Wildman–Crippen LogP) is 2.98. The van der Waals surface area contributed by atoms with E-state index in [1.165, 1.54) is 19.2 Å². The summed E-state index contributed by atoms with van der Waals surface area (Å²) < 4.78 is 10.5. The number of nitro benzene ring substituents is 1. The molecule has 0 fully saturated rings. The van der Waals surface area contributed by atoms with Gasteiger partial charge in [0.2, 0.25) is 0 Å². The number of carbonyl (C=O) groups is 1. The van der Waals surface area contributed by atoms with Crippen molar-refractivity contribution in [3.8, 4) is 11.5 Å². The van der Waals surface area contributed by atoms with Crippen LogP contribution < -0.4 is 9.47 Å². The Labute approximate surface area is 111 Å². The van der Waals surface area contributed by atoms with Gasteiger partial charge < -0.3 is 9.47 Å². The van der Waals surface area contributed by atoms with Crippen molar-refractivity contribution < 1.29 is 19.2 Å². The monoisotopic (exact) mass is 267 g/mol. The van der Waals surface area contributed by atoms with Gasteiger partial charge in [0.15, 0.2) is 17.8 Å². The van der Waals surface area contributed by atoms with E-state index in [-0.39, 0.29) is 17.0 Å². The number of hydrogen-bond donors (Lipinski definition) is 0. The molecule has 0 unspecified atom stereocenters. The largest absolute Gasteiger partial charge is 0.493 e. The Bertz CT molecular complexity index is 459. The molecule has 0 saturated carbocycles. The quantitative estimate of drug-likeness (QED) is 0.313.